The molecule has 1 amide bonds. The Morgan fingerprint density at radius 2 is 2.18 bits per heavy atom. The van der Waals surface area contributed by atoms with Gasteiger partial charge in [0.1, 0.15) is 12.4 Å². The van der Waals surface area contributed by atoms with Crippen molar-refractivity contribution >= 4 is 17.6 Å². The molecule has 3 N–H and O–H groups in total. The van der Waals surface area contributed by atoms with Crippen molar-refractivity contribution in [1.82, 2.24) is 0 Å². The van der Waals surface area contributed by atoms with Gasteiger partial charge in [-0.15, -0.1) is 0 Å². The summed E-state index contributed by atoms with van der Waals surface area (Å²) in [6, 6.07) is 3.47. The number of benzene rings is 1. The molecule has 0 aromatic heterocycles. The second-order valence-electron chi connectivity index (χ2n) is 3.21. The zero-order valence-corrected chi connectivity index (χ0v) is 9.33. The van der Waals surface area contributed by atoms with Crippen LogP contribution in [0.25, 0.3) is 0 Å². The van der Waals surface area contributed by atoms with E-state index < -0.39 is 17.7 Å². The van der Waals surface area contributed by atoms with E-state index in [2.05, 4.69) is 10.1 Å². The predicted molar refractivity (Wildman–Crippen MR) is 60.0 cm³/mol. The van der Waals surface area contributed by atoms with Crippen molar-refractivity contribution in [3.05, 3.63) is 29.6 Å². The monoisotopic (exact) mass is 240 g/mol. The largest absolute Gasteiger partial charge is 0.465 e. The Hall–Kier alpha value is -2.11. The Kier molecular flexibility index (Phi) is 4.45. The lowest BCUT2D eigenvalue weighted by Gasteiger charge is -2.09. The first kappa shape index (κ1) is 13.0. The van der Waals surface area contributed by atoms with Crippen molar-refractivity contribution in [2.24, 2.45) is 5.73 Å². The summed E-state index contributed by atoms with van der Waals surface area (Å²) < 4.78 is 17.7. The molecule has 0 fully saturated rings. The minimum Gasteiger partial charge on any atom is -0.465 e. The predicted octanol–water partition coefficient (Wildman–Crippen LogP) is 0.900. The molecule has 0 aliphatic rings. The fourth-order valence-corrected chi connectivity index (χ4v) is 1.26. The third-order valence-corrected chi connectivity index (χ3v) is 1.98. The first-order chi connectivity index (χ1) is 8.04. The van der Waals surface area contributed by atoms with Crippen molar-refractivity contribution in [2.75, 3.05) is 18.5 Å². The van der Waals surface area contributed by atoms with Gasteiger partial charge in [-0.3, -0.25) is 9.59 Å². The van der Waals surface area contributed by atoms with E-state index in [-0.39, 0.29) is 24.4 Å². The van der Waals surface area contributed by atoms with Gasteiger partial charge in [0.15, 0.2) is 0 Å². The van der Waals surface area contributed by atoms with Gasteiger partial charge in [0.25, 0.3) is 5.91 Å². The number of amides is 1. The topological polar surface area (TPSA) is 81.4 Å². The zero-order chi connectivity index (χ0) is 12.8. The van der Waals surface area contributed by atoms with Gasteiger partial charge >= 0.3 is 5.97 Å². The van der Waals surface area contributed by atoms with Gasteiger partial charge in [0.05, 0.1) is 17.9 Å². The fraction of sp³-hybridized carbons (Fsp3) is 0.273. The van der Waals surface area contributed by atoms with Gasteiger partial charge < -0.3 is 15.8 Å². The number of anilines is 1. The maximum absolute atomic E-state index is 13.0. The molecular formula is C11H13FN2O3. The van der Waals surface area contributed by atoms with Gasteiger partial charge in [-0.2, -0.15) is 0 Å². The number of carbonyl (C=O) groups is 2. The summed E-state index contributed by atoms with van der Waals surface area (Å²) in [5.41, 5.74) is 5.40. The molecule has 6 heteroatoms. The van der Waals surface area contributed by atoms with Crippen LogP contribution in [0.15, 0.2) is 18.2 Å². The third-order valence-electron chi connectivity index (χ3n) is 1.98. The summed E-state index contributed by atoms with van der Waals surface area (Å²) in [7, 11) is 0. The molecule has 0 spiro atoms. The van der Waals surface area contributed by atoms with Crippen LogP contribution in [-0.4, -0.2) is 25.0 Å². The van der Waals surface area contributed by atoms with E-state index in [9.17, 15) is 14.0 Å². The Bertz CT molecular complexity index is 435. The highest BCUT2D eigenvalue weighted by Gasteiger charge is 2.10. The van der Waals surface area contributed by atoms with Crippen LogP contribution in [-0.2, 0) is 9.53 Å². The lowest BCUT2D eigenvalue weighted by Crippen LogP contribution is -2.20. The fourth-order valence-electron chi connectivity index (χ4n) is 1.26. The Balaban J connectivity index is 2.78. The van der Waals surface area contributed by atoms with Crippen molar-refractivity contribution in [3.8, 4) is 0 Å². The number of nitrogens with one attached hydrogen (secondary N) is 1. The first-order valence-corrected chi connectivity index (χ1v) is 5.03. The maximum atomic E-state index is 13.0. The summed E-state index contributed by atoms with van der Waals surface area (Å²) in [5.74, 6) is -1.72. The van der Waals surface area contributed by atoms with Crippen molar-refractivity contribution in [2.45, 2.75) is 6.92 Å². The zero-order valence-electron chi connectivity index (χ0n) is 9.33. The van der Waals surface area contributed by atoms with Crippen LogP contribution in [0.3, 0.4) is 0 Å². The van der Waals surface area contributed by atoms with Gasteiger partial charge in [0.2, 0.25) is 0 Å². The SMILES string of the molecule is CCOC(=O)CNc1cc(F)ccc1C(N)=O. The molecule has 92 valence electrons. The Labute approximate surface area is 97.7 Å². The lowest BCUT2D eigenvalue weighted by molar-refractivity contribution is -0.140. The summed E-state index contributed by atoms with van der Waals surface area (Å²) in [6.45, 7) is 1.78. The Morgan fingerprint density at radius 3 is 2.76 bits per heavy atom. The number of nitrogens with two attached hydrogens (primary N) is 1. The summed E-state index contributed by atoms with van der Waals surface area (Å²) >= 11 is 0. The minimum atomic E-state index is -0.698. The van der Waals surface area contributed by atoms with E-state index >= 15 is 0 Å². The second kappa shape index (κ2) is 5.83. The van der Waals surface area contributed by atoms with Gasteiger partial charge in [0, 0.05) is 0 Å². The van der Waals surface area contributed by atoms with E-state index in [4.69, 9.17) is 5.73 Å². The number of primary amides is 1. The molecule has 0 radical (unpaired) electrons. The maximum Gasteiger partial charge on any atom is 0.325 e. The average molecular weight is 240 g/mol. The molecule has 1 rings (SSSR count). The Morgan fingerprint density at radius 1 is 1.47 bits per heavy atom. The van der Waals surface area contributed by atoms with Gasteiger partial charge in [-0.1, -0.05) is 0 Å². The van der Waals surface area contributed by atoms with Crippen LogP contribution in [0.1, 0.15) is 17.3 Å². The highest BCUT2D eigenvalue weighted by Crippen LogP contribution is 2.16. The molecule has 0 bridgehead atoms. The quantitative estimate of drug-likeness (QED) is 0.749. The second-order valence-corrected chi connectivity index (χ2v) is 3.21. The van der Waals surface area contributed by atoms with Crippen molar-refractivity contribution < 1.29 is 18.7 Å². The van der Waals surface area contributed by atoms with E-state index in [0.29, 0.717) is 0 Å². The molecule has 0 heterocycles. The number of hydrogen-bond acceptors (Lipinski definition) is 4. The number of rotatable bonds is 5. The highest BCUT2D eigenvalue weighted by atomic mass is 19.1. The third kappa shape index (κ3) is 3.75. The van der Waals surface area contributed by atoms with E-state index in [1.165, 1.54) is 6.07 Å². The molecule has 0 unspecified atom stereocenters. The van der Waals surface area contributed by atoms with Crippen LogP contribution in [0.5, 0.6) is 0 Å². The molecule has 0 saturated heterocycles. The summed E-state index contributed by atoms with van der Waals surface area (Å²) in [4.78, 5) is 22.1. The standard InChI is InChI=1S/C11H13FN2O3/c1-2-17-10(15)6-14-9-5-7(12)3-4-8(9)11(13)16/h3-5,14H,2,6H2,1H3,(H2,13,16). The number of ether oxygens (including phenoxy) is 1. The summed E-state index contributed by atoms with van der Waals surface area (Å²) in [6.07, 6.45) is 0. The van der Waals surface area contributed by atoms with Crippen LogP contribution >= 0.6 is 0 Å². The molecule has 0 atom stereocenters. The molecule has 17 heavy (non-hydrogen) atoms. The normalized spacial score (nSPS) is 9.76. The van der Waals surface area contributed by atoms with Crippen LogP contribution in [0.4, 0.5) is 10.1 Å². The first-order valence-electron chi connectivity index (χ1n) is 5.03. The van der Waals surface area contributed by atoms with Gasteiger partial charge in [-0.05, 0) is 25.1 Å². The number of carbonyl (C=O) groups excluding carboxylic acids is 2. The van der Waals surface area contributed by atoms with Crippen LogP contribution in [0, 0.1) is 5.82 Å². The molecule has 1 aromatic carbocycles. The molecular weight excluding hydrogens is 227 g/mol. The minimum absolute atomic E-state index is 0.121. The van der Waals surface area contributed by atoms with Crippen molar-refractivity contribution in [3.63, 3.8) is 0 Å². The summed E-state index contributed by atoms with van der Waals surface area (Å²) in [5, 5.41) is 2.60. The number of halogens is 1. The van der Waals surface area contributed by atoms with Crippen LogP contribution in [0.2, 0.25) is 0 Å². The lowest BCUT2D eigenvalue weighted by atomic mass is 10.1. The molecule has 5 nitrogen and oxygen atoms in total. The van der Waals surface area contributed by atoms with Crippen molar-refractivity contribution in [1.29, 1.82) is 0 Å². The molecule has 0 aliphatic heterocycles. The number of hydrogen-bond donors (Lipinski definition) is 2. The van der Waals surface area contributed by atoms with Gasteiger partial charge in [-0.25, -0.2) is 4.39 Å². The average Bonchev–Trinajstić information content (AvgIpc) is 2.26. The molecule has 0 saturated carbocycles. The highest BCUT2D eigenvalue weighted by molar-refractivity contribution is 5.98. The molecule has 1 aromatic rings. The molecule has 0 aliphatic carbocycles. The number of esters is 1. The van der Waals surface area contributed by atoms with Crippen LogP contribution < -0.4 is 11.1 Å². The van der Waals surface area contributed by atoms with E-state index in [1.807, 2.05) is 0 Å². The smallest absolute Gasteiger partial charge is 0.325 e. The van der Waals surface area contributed by atoms with E-state index in [0.717, 1.165) is 12.1 Å². The van der Waals surface area contributed by atoms with E-state index in [1.54, 1.807) is 6.92 Å².